The van der Waals surface area contributed by atoms with Crippen LogP contribution >= 0.6 is 11.3 Å². The van der Waals surface area contributed by atoms with Crippen molar-refractivity contribution < 1.29 is 14.3 Å². The number of hydrogen-bond donors (Lipinski definition) is 0. The van der Waals surface area contributed by atoms with Gasteiger partial charge >= 0.3 is 0 Å². The number of hydrogen-bond acceptors (Lipinski definition) is 6. The SMILES string of the molecule is O=C(CN1CCN(C(=O)c2ccc(OCc3cscn3)cc2)CC1)N1CCCCC1. The van der Waals surface area contributed by atoms with Crippen molar-refractivity contribution in [3.05, 3.63) is 46.4 Å². The average Bonchev–Trinajstić information content (AvgIpc) is 3.32. The van der Waals surface area contributed by atoms with E-state index in [1.807, 2.05) is 39.4 Å². The molecule has 2 amide bonds. The monoisotopic (exact) mass is 428 g/mol. The molecular formula is C22H28N4O3S. The summed E-state index contributed by atoms with van der Waals surface area (Å²) in [6.07, 6.45) is 3.45. The number of carbonyl (C=O) groups is 2. The molecule has 2 saturated heterocycles. The van der Waals surface area contributed by atoms with Crippen molar-refractivity contribution in [2.45, 2.75) is 25.9 Å². The van der Waals surface area contributed by atoms with Crippen molar-refractivity contribution in [2.75, 3.05) is 45.8 Å². The number of likely N-dealkylation sites (tertiary alicyclic amines) is 1. The van der Waals surface area contributed by atoms with Gasteiger partial charge in [0.15, 0.2) is 0 Å². The first-order chi connectivity index (χ1) is 14.7. The van der Waals surface area contributed by atoms with E-state index >= 15 is 0 Å². The van der Waals surface area contributed by atoms with Crippen LogP contribution in [0.5, 0.6) is 5.75 Å². The van der Waals surface area contributed by atoms with Gasteiger partial charge < -0.3 is 14.5 Å². The first kappa shape index (κ1) is 20.8. The molecule has 8 heteroatoms. The number of ether oxygens (including phenoxy) is 1. The largest absolute Gasteiger partial charge is 0.487 e. The molecule has 1 aromatic heterocycles. The van der Waals surface area contributed by atoms with E-state index in [-0.39, 0.29) is 11.8 Å². The van der Waals surface area contributed by atoms with Crippen molar-refractivity contribution in [2.24, 2.45) is 0 Å². The highest BCUT2D eigenvalue weighted by molar-refractivity contribution is 7.07. The fourth-order valence-corrected chi connectivity index (χ4v) is 4.43. The smallest absolute Gasteiger partial charge is 0.253 e. The Morgan fingerprint density at radius 1 is 0.933 bits per heavy atom. The molecule has 4 rings (SSSR count). The molecule has 30 heavy (non-hydrogen) atoms. The lowest BCUT2D eigenvalue weighted by molar-refractivity contribution is -0.133. The van der Waals surface area contributed by atoms with Crippen LogP contribution in [-0.4, -0.2) is 77.3 Å². The maximum absolute atomic E-state index is 12.8. The first-order valence-corrected chi connectivity index (χ1v) is 11.5. The van der Waals surface area contributed by atoms with Crippen molar-refractivity contribution in [3.8, 4) is 5.75 Å². The molecule has 3 heterocycles. The molecule has 2 aliphatic rings. The van der Waals surface area contributed by atoms with Crippen LogP contribution in [0.25, 0.3) is 0 Å². The van der Waals surface area contributed by atoms with Crippen LogP contribution in [-0.2, 0) is 11.4 Å². The zero-order valence-electron chi connectivity index (χ0n) is 17.2. The number of benzene rings is 1. The highest BCUT2D eigenvalue weighted by atomic mass is 32.1. The van der Waals surface area contributed by atoms with Crippen molar-refractivity contribution >= 4 is 23.2 Å². The highest BCUT2D eigenvalue weighted by Gasteiger charge is 2.25. The zero-order valence-corrected chi connectivity index (χ0v) is 18.0. The van der Waals surface area contributed by atoms with Crippen LogP contribution in [0.3, 0.4) is 0 Å². The van der Waals surface area contributed by atoms with Gasteiger partial charge in [-0.25, -0.2) is 4.98 Å². The second-order valence-corrected chi connectivity index (χ2v) is 8.52. The molecule has 0 N–H and O–H groups in total. The summed E-state index contributed by atoms with van der Waals surface area (Å²) in [6.45, 7) is 5.44. The Bertz CT molecular complexity index is 827. The Balaban J connectivity index is 1.23. The standard InChI is InChI=1S/C22H28N4O3S/c27-21(25-8-2-1-3-9-25)14-24-10-12-26(13-11-24)22(28)18-4-6-20(7-5-18)29-15-19-16-30-17-23-19/h4-7,16-17H,1-3,8-15H2. The molecule has 160 valence electrons. The third-order valence-corrected chi connectivity index (χ3v) is 6.33. The Morgan fingerprint density at radius 3 is 2.33 bits per heavy atom. The molecule has 2 fully saturated rings. The van der Waals surface area contributed by atoms with Crippen molar-refractivity contribution in [3.63, 3.8) is 0 Å². The minimum atomic E-state index is 0.0306. The molecule has 2 aliphatic heterocycles. The van der Waals surface area contributed by atoms with Crippen LogP contribution in [0.4, 0.5) is 0 Å². The lowest BCUT2D eigenvalue weighted by Crippen LogP contribution is -2.52. The summed E-state index contributed by atoms with van der Waals surface area (Å²) in [5, 5.41) is 1.96. The molecule has 0 aliphatic carbocycles. The second kappa shape index (κ2) is 10.0. The van der Waals surface area contributed by atoms with E-state index in [4.69, 9.17) is 4.74 Å². The van der Waals surface area contributed by atoms with E-state index in [0.29, 0.717) is 31.8 Å². The van der Waals surface area contributed by atoms with Gasteiger partial charge in [-0.3, -0.25) is 14.5 Å². The Kier molecular flexibility index (Phi) is 6.96. The van der Waals surface area contributed by atoms with Gasteiger partial charge in [0.25, 0.3) is 5.91 Å². The third-order valence-electron chi connectivity index (χ3n) is 5.70. The summed E-state index contributed by atoms with van der Waals surface area (Å²) in [7, 11) is 0. The number of piperidine rings is 1. The average molecular weight is 429 g/mol. The summed E-state index contributed by atoms with van der Waals surface area (Å²) in [5.74, 6) is 0.978. The Morgan fingerprint density at radius 2 is 1.67 bits per heavy atom. The fourth-order valence-electron chi connectivity index (χ4n) is 3.89. The molecule has 0 radical (unpaired) electrons. The van der Waals surface area contributed by atoms with Gasteiger partial charge in [0.2, 0.25) is 5.91 Å². The molecule has 2 aromatic rings. The highest BCUT2D eigenvalue weighted by Crippen LogP contribution is 2.17. The van der Waals surface area contributed by atoms with E-state index in [0.717, 1.165) is 50.5 Å². The number of aromatic nitrogens is 1. The van der Waals surface area contributed by atoms with Crippen LogP contribution in [0.15, 0.2) is 35.2 Å². The van der Waals surface area contributed by atoms with E-state index in [1.54, 1.807) is 16.8 Å². The topological polar surface area (TPSA) is 66.0 Å². The number of piperazine rings is 1. The summed E-state index contributed by atoms with van der Waals surface area (Å²) in [4.78, 5) is 35.5. The lowest BCUT2D eigenvalue weighted by Gasteiger charge is -2.36. The normalized spacial score (nSPS) is 17.7. The molecule has 0 bridgehead atoms. The predicted octanol–water partition coefficient (Wildman–Crippen LogP) is 2.49. The Hall–Kier alpha value is -2.45. The molecule has 0 spiro atoms. The zero-order chi connectivity index (χ0) is 20.8. The first-order valence-electron chi connectivity index (χ1n) is 10.6. The number of amides is 2. The minimum Gasteiger partial charge on any atom is -0.487 e. The van der Waals surface area contributed by atoms with Crippen molar-refractivity contribution in [1.29, 1.82) is 0 Å². The van der Waals surface area contributed by atoms with E-state index < -0.39 is 0 Å². The van der Waals surface area contributed by atoms with Gasteiger partial charge in [0, 0.05) is 50.2 Å². The summed E-state index contributed by atoms with van der Waals surface area (Å²) < 4.78 is 5.71. The fraction of sp³-hybridized carbons (Fsp3) is 0.500. The quantitative estimate of drug-likeness (QED) is 0.707. The number of thiazole rings is 1. The van der Waals surface area contributed by atoms with Gasteiger partial charge in [-0.2, -0.15) is 0 Å². The molecule has 1 aromatic carbocycles. The van der Waals surface area contributed by atoms with Crippen molar-refractivity contribution in [1.82, 2.24) is 19.7 Å². The summed E-state index contributed by atoms with van der Waals surface area (Å²) in [5.41, 5.74) is 3.34. The molecule has 0 saturated carbocycles. The van der Waals surface area contributed by atoms with E-state index in [2.05, 4.69) is 9.88 Å². The van der Waals surface area contributed by atoms with Gasteiger partial charge in [-0.1, -0.05) is 0 Å². The number of carbonyl (C=O) groups excluding carboxylic acids is 2. The number of nitrogens with zero attached hydrogens (tertiary/aromatic N) is 4. The van der Waals surface area contributed by atoms with Gasteiger partial charge in [-0.15, -0.1) is 11.3 Å². The maximum atomic E-state index is 12.8. The van der Waals surface area contributed by atoms with Gasteiger partial charge in [0.05, 0.1) is 17.7 Å². The van der Waals surface area contributed by atoms with Crippen LogP contribution in [0, 0.1) is 0 Å². The summed E-state index contributed by atoms with van der Waals surface area (Å²) >= 11 is 1.54. The lowest BCUT2D eigenvalue weighted by atomic mass is 10.1. The third kappa shape index (κ3) is 5.37. The van der Waals surface area contributed by atoms with Gasteiger partial charge in [-0.05, 0) is 43.5 Å². The van der Waals surface area contributed by atoms with Crippen LogP contribution in [0.1, 0.15) is 35.3 Å². The second-order valence-electron chi connectivity index (χ2n) is 7.80. The molecule has 0 atom stereocenters. The minimum absolute atomic E-state index is 0.0306. The van der Waals surface area contributed by atoms with E-state index in [1.165, 1.54) is 6.42 Å². The maximum Gasteiger partial charge on any atom is 0.253 e. The summed E-state index contributed by atoms with van der Waals surface area (Å²) in [6, 6.07) is 7.27. The van der Waals surface area contributed by atoms with E-state index in [9.17, 15) is 9.59 Å². The van der Waals surface area contributed by atoms with Gasteiger partial charge in [0.1, 0.15) is 12.4 Å². The predicted molar refractivity (Wildman–Crippen MR) is 116 cm³/mol. The number of rotatable bonds is 6. The van der Waals surface area contributed by atoms with Crippen LogP contribution in [0.2, 0.25) is 0 Å². The molecule has 7 nitrogen and oxygen atoms in total. The molecule has 0 unspecified atom stereocenters. The van der Waals surface area contributed by atoms with Crippen LogP contribution < -0.4 is 4.74 Å². The molecular weight excluding hydrogens is 400 g/mol. The Labute approximate surface area is 181 Å².